The first kappa shape index (κ1) is 19.6. The molecule has 0 spiro atoms. The van der Waals surface area contributed by atoms with E-state index in [0.717, 1.165) is 22.5 Å². The first-order valence-electron chi connectivity index (χ1n) is 9.81. The Hall–Kier alpha value is -3.74. The molecule has 1 amide bonds. The molecule has 2 heterocycles. The minimum absolute atomic E-state index is 0.161. The first-order valence-corrected chi connectivity index (χ1v) is 9.81. The molecule has 7 nitrogen and oxygen atoms in total. The molecule has 30 heavy (non-hydrogen) atoms. The molecule has 0 aliphatic heterocycles. The van der Waals surface area contributed by atoms with Crippen LogP contribution in [0.3, 0.4) is 0 Å². The minimum atomic E-state index is -0.181. The van der Waals surface area contributed by atoms with Gasteiger partial charge < -0.3 is 9.88 Å². The molecule has 152 valence electrons. The number of carbonyl (C=O) groups is 1. The van der Waals surface area contributed by atoms with Crippen molar-refractivity contribution in [1.29, 1.82) is 0 Å². The van der Waals surface area contributed by atoms with Crippen molar-refractivity contribution in [2.24, 2.45) is 0 Å². The molecule has 0 aliphatic carbocycles. The summed E-state index contributed by atoms with van der Waals surface area (Å²) in [5.74, 6) is -0.161. The number of hydrogen-bond donors (Lipinski definition) is 1. The number of benzene rings is 2. The largest absolute Gasteiger partial charge is 0.350 e. The Balaban J connectivity index is 1.50. The average molecular weight is 401 g/mol. The third kappa shape index (κ3) is 3.61. The van der Waals surface area contributed by atoms with E-state index in [1.807, 2.05) is 43.5 Å². The van der Waals surface area contributed by atoms with Crippen LogP contribution in [0.15, 0.2) is 59.7 Å². The van der Waals surface area contributed by atoms with E-state index in [0.29, 0.717) is 29.7 Å². The summed E-state index contributed by atoms with van der Waals surface area (Å²) in [7, 11) is 0. The van der Waals surface area contributed by atoms with Crippen molar-refractivity contribution in [3.8, 4) is 5.69 Å². The Morgan fingerprint density at radius 3 is 2.33 bits per heavy atom. The zero-order valence-electron chi connectivity index (χ0n) is 17.2. The molecule has 4 aromatic rings. The highest BCUT2D eigenvalue weighted by atomic mass is 16.1. The molecule has 2 aromatic heterocycles. The van der Waals surface area contributed by atoms with Crippen LogP contribution in [0, 0.1) is 20.8 Å². The van der Waals surface area contributed by atoms with Gasteiger partial charge in [0.15, 0.2) is 0 Å². The second-order valence-electron chi connectivity index (χ2n) is 7.26. The number of imidazole rings is 1. The maximum absolute atomic E-state index is 12.8. The van der Waals surface area contributed by atoms with Gasteiger partial charge in [-0.3, -0.25) is 9.59 Å². The number of aryl methyl sites for hydroxylation is 2. The highest BCUT2D eigenvalue weighted by Gasteiger charge is 2.11. The van der Waals surface area contributed by atoms with Crippen molar-refractivity contribution in [1.82, 2.24) is 24.6 Å². The van der Waals surface area contributed by atoms with Gasteiger partial charge in [0.1, 0.15) is 0 Å². The van der Waals surface area contributed by atoms with E-state index in [-0.39, 0.29) is 11.5 Å². The summed E-state index contributed by atoms with van der Waals surface area (Å²) in [5, 5.41) is 8.82. The summed E-state index contributed by atoms with van der Waals surface area (Å²) in [6, 6.07) is 14.3. The lowest BCUT2D eigenvalue weighted by Crippen LogP contribution is -2.27. The van der Waals surface area contributed by atoms with E-state index < -0.39 is 0 Å². The third-order valence-corrected chi connectivity index (χ3v) is 5.35. The molecule has 0 fully saturated rings. The van der Waals surface area contributed by atoms with E-state index >= 15 is 0 Å². The van der Waals surface area contributed by atoms with Crippen LogP contribution < -0.4 is 10.9 Å². The van der Waals surface area contributed by atoms with Gasteiger partial charge in [-0.1, -0.05) is 18.2 Å². The third-order valence-electron chi connectivity index (χ3n) is 5.35. The van der Waals surface area contributed by atoms with Crippen molar-refractivity contribution in [2.75, 3.05) is 6.54 Å². The van der Waals surface area contributed by atoms with Gasteiger partial charge in [-0.25, -0.2) is 4.98 Å². The highest BCUT2D eigenvalue weighted by molar-refractivity contribution is 5.94. The molecule has 1 N–H and O–H groups in total. The van der Waals surface area contributed by atoms with Gasteiger partial charge in [0.25, 0.3) is 11.5 Å². The van der Waals surface area contributed by atoms with Crippen LogP contribution >= 0.6 is 0 Å². The van der Waals surface area contributed by atoms with Crippen LogP contribution in [0.1, 0.15) is 27.4 Å². The first-order chi connectivity index (χ1) is 14.5. The van der Waals surface area contributed by atoms with Crippen LogP contribution in [0.2, 0.25) is 0 Å². The number of nitrogens with one attached hydrogen (secondary N) is 1. The molecule has 2 aromatic carbocycles. The van der Waals surface area contributed by atoms with Gasteiger partial charge in [-0.15, -0.1) is 0 Å². The Bertz CT molecular complexity index is 1290. The maximum atomic E-state index is 12.8. The lowest BCUT2D eigenvalue weighted by atomic mass is 10.1. The molecule has 0 atom stereocenters. The Morgan fingerprint density at radius 2 is 1.67 bits per heavy atom. The van der Waals surface area contributed by atoms with Gasteiger partial charge in [0, 0.05) is 29.7 Å². The van der Waals surface area contributed by atoms with Crippen molar-refractivity contribution in [3.05, 3.63) is 87.9 Å². The smallest absolute Gasteiger partial charge is 0.279 e. The molecular weight excluding hydrogens is 378 g/mol. The second kappa shape index (κ2) is 7.94. The van der Waals surface area contributed by atoms with Crippen LogP contribution in [0.25, 0.3) is 16.5 Å². The minimum Gasteiger partial charge on any atom is -0.350 e. The number of hydrogen-bond acceptors (Lipinski definition) is 4. The van der Waals surface area contributed by atoms with E-state index in [1.54, 1.807) is 36.7 Å². The summed E-state index contributed by atoms with van der Waals surface area (Å²) in [6.07, 6.45) is 1.78. The number of rotatable bonds is 5. The zero-order chi connectivity index (χ0) is 21.3. The summed E-state index contributed by atoms with van der Waals surface area (Å²) in [4.78, 5) is 29.5. The quantitative estimate of drug-likeness (QED) is 0.557. The Labute approximate surface area is 174 Å². The number of aromatic nitrogens is 4. The van der Waals surface area contributed by atoms with Gasteiger partial charge in [-0.05, 0) is 51.1 Å². The fourth-order valence-electron chi connectivity index (χ4n) is 3.44. The average Bonchev–Trinajstić information content (AvgIpc) is 3.08. The van der Waals surface area contributed by atoms with Gasteiger partial charge in [-0.2, -0.15) is 9.78 Å². The van der Waals surface area contributed by atoms with Crippen molar-refractivity contribution < 1.29 is 4.79 Å². The van der Waals surface area contributed by atoms with Crippen LogP contribution in [0.5, 0.6) is 0 Å². The number of amides is 1. The SMILES string of the molecule is Cc1ncn(CCNC(=O)c2ccc(-n3nc(C)c4ccccc4c3=O)cc2)c1C. The molecule has 7 heteroatoms. The highest BCUT2D eigenvalue weighted by Crippen LogP contribution is 2.14. The lowest BCUT2D eigenvalue weighted by molar-refractivity contribution is 0.0952. The molecule has 0 aliphatic rings. The van der Waals surface area contributed by atoms with Gasteiger partial charge in [0.2, 0.25) is 0 Å². The van der Waals surface area contributed by atoms with Crippen LogP contribution in [0.4, 0.5) is 0 Å². The summed E-state index contributed by atoms with van der Waals surface area (Å²) in [5.41, 5.74) is 3.83. The lowest BCUT2D eigenvalue weighted by Gasteiger charge is -2.10. The fraction of sp³-hybridized carbons (Fsp3) is 0.217. The van der Waals surface area contributed by atoms with Crippen molar-refractivity contribution >= 4 is 16.7 Å². The van der Waals surface area contributed by atoms with Gasteiger partial charge in [0.05, 0.1) is 28.8 Å². The molecule has 0 unspecified atom stereocenters. The molecule has 0 saturated carbocycles. The predicted octanol–water partition coefficient (Wildman–Crippen LogP) is 2.94. The van der Waals surface area contributed by atoms with E-state index in [4.69, 9.17) is 0 Å². The standard InChI is InChI=1S/C23H23N5O2/c1-15-17(3)27(14-25-15)13-12-24-22(29)18-8-10-19(11-9-18)28-23(30)21-7-5-4-6-20(21)16(2)26-28/h4-11,14H,12-13H2,1-3H3,(H,24,29). The number of carbonyl (C=O) groups excluding carboxylic acids is 1. The monoisotopic (exact) mass is 401 g/mol. The predicted molar refractivity (Wildman–Crippen MR) is 116 cm³/mol. The molecule has 0 radical (unpaired) electrons. The van der Waals surface area contributed by atoms with E-state index in [2.05, 4.69) is 15.4 Å². The summed E-state index contributed by atoms with van der Waals surface area (Å²) < 4.78 is 3.39. The zero-order valence-corrected chi connectivity index (χ0v) is 17.2. The second-order valence-corrected chi connectivity index (χ2v) is 7.26. The maximum Gasteiger partial charge on any atom is 0.279 e. The Morgan fingerprint density at radius 1 is 0.967 bits per heavy atom. The van der Waals surface area contributed by atoms with Crippen molar-refractivity contribution in [2.45, 2.75) is 27.3 Å². The van der Waals surface area contributed by atoms with Crippen molar-refractivity contribution in [3.63, 3.8) is 0 Å². The van der Waals surface area contributed by atoms with Crippen LogP contribution in [-0.2, 0) is 6.54 Å². The molecule has 0 saturated heterocycles. The Kier molecular flexibility index (Phi) is 5.18. The summed E-state index contributed by atoms with van der Waals surface area (Å²) >= 11 is 0. The number of nitrogens with zero attached hydrogens (tertiary/aromatic N) is 4. The van der Waals surface area contributed by atoms with E-state index in [9.17, 15) is 9.59 Å². The normalized spacial score (nSPS) is 11.0. The van der Waals surface area contributed by atoms with E-state index in [1.165, 1.54) is 4.68 Å². The molecule has 0 bridgehead atoms. The molecular formula is C23H23N5O2. The fourth-order valence-corrected chi connectivity index (χ4v) is 3.44. The number of fused-ring (bicyclic) bond motifs is 1. The topological polar surface area (TPSA) is 81.8 Å². The van der Waals surface area contributed by atoms with Crippen LogP contribution in [-0.4, -0.2) is 31.8 Å². The molecule has 4 rings (SSSR count). The van der Waals surface area contributed by atoms with Gasteiger partial charge >= 0.3 is 0 Å². The summed E-state index contributed by atoms with van der Waals surface area (Å²) in [6.45, 7) is 7.01.